The number of aromatic amines is 2. The number of morpholine rings is 1. The summed E-state index contributed by atoms with van der Waals surface area (Å²) >= 11 is 0. The summed E-state index contributed by atoms with van der Waals surface area (Å²) in [5.41, 5.74) is 2.02. The minimum absolute atomic E-state index is 0.0481. The first kappa shape index (κ1) is 20.0. The van der Waals surface area contributed by atoms with Crippen LogP contribution < -0.4 is 16.0 Å². The monoisotopic (exact) mass is 425 g/mol. The summed E-state index contributed by atoms with van der Waals surface area (Å²) in [6, 6.07) is 3.35. The number of nitrogens with zero attached hydrogens (tertiary/aromatic N) is 3. The average Bonchev–Trinajstić information content (AvgIpc) is 3.13. The topological polar surface area (TPSA) is 111 Å². The van der Waals surface area contributed by atoms with Gasteiger partial charge in [0.05, 0.1) is 18.9 Å². The standard InChI is InChI=1S/C22H27N5O4/c1-14-2-3-16(19(29)23-14)20(30)26-8-6-22(7-9-26)5-4-15-17(22)24-21(25-18(15)28)27-10-12-31-13-11-27/h2-3H,4-13H2,1H3,(H,23,29)(H,24,25,28). The van der Waals surface area contributed by atoms with Crippen molar-refractivity contribution in [2.45, 2.75) is 38.0 Å². The summed E-state index contributed by atoms with van der Waals surface area (Å²) in [7, 11) is 0. The summed E-state index contributed by atoms with van der Waals surface area (Å²) < 4.78 is 5.42. The number of nitrogens with one attached hydrogen (secondary N) is 2. The van der Waals surface area contributed by atoms with Crippen LogP contribution in [0, 0.1) is 6.92 Å². The fraction of sp³-hybridized carbons (Fsp3) is 0.545. The molecule has 2 N–H and O–H groups in total. The highest BCUT2D eigenvalue weighted by atomic mass is 16.5. The van der Waals surface area contributed by atoms with Crippen molar-refractivity contribution >= 4 is 11.9 Å². The first-order chi connectivity index (χ1) is 15.0. The Hall–Kier alpha value is -2.94. The lowest BCUT2D eigenvalue weighted by molar-refractivity contribution is 0.0661. The molecular formula is C22H27N5O4. The molecule has 0 saturated carbocycles. The van der Waals surface area contributed by atoms with E-state index in [9.17, 15) is 14.4 Å². The van der Waals surface area contributed by atoms with E-state index in [0.29, 0.717) is 51.8 Å². The molecule has 9 heteroatoms. The SMILES string of the molecule is Cc1ccc(C(=O)N2CCC3(CCc4c3nc(N3CCOCC3)[nH]c4=O)CC2)c(=O)[nH]1. The van der Waals surface area contributed by atoms with Crippen LogP contribution in [0.15, 0.2) is 21.7 Å². The highest BCUT2D eigenvalue weighted by molar-refractivity contribution is 5.93. The van der Waals surface area contributed by atoms with E-state index in [2.05, 4.69) is 14.9 Å². The minimum atomic E-state index is -0.347. The molecule has 0 atom stereocenters. The molecule has 2 fully saturated rings. The number of H-pyrrole nitrogens is 2. The number of carbonyl (C=O) groups excluding carboxylic acids is 1. The fourth-order valence-electron chi connectivity index (χ4n) is 5.10. The third-order valence-corrected chi connectivity index (χ3v) is 6.96. The number of amides is 1. The number of anilines is 1. The third kappa shape index (κ3) is 3.46. The Balaban J connectivity index is 1.38. The molecule has 1 spiro atoms. The Morgan fingerprint density at radius 1 is 1.03 bits per heavy atom. The highest BCUT2D eigenvalue weighted by Gasteiger charge is 2.45. The zero-order valence-electron chi connectivity index (χ0n) is 17.7. The predicted molar refractivity (Wildman–Crippen MR) is 115 cm³/mol. The number of aromatic nitrogens is 3. The number of likely N-dealkylation sites (tertiary alicyclic amines) is 1. The molecule has 2 saturated heterocycles. The second kappa shape index (κ2) is 7.64. The van der Waals surface area contributed by atoms with Gasteiger partial charge in [-0.2, -0.15) is 0 Å². The molecule has 5 rings (SSSR count). The van der Waals surface area contributed by atoms with Crippen LogP contribution in [0.1, 0.15) is 46.6 Å². The second-order valence-electron chi connectivity index (χ2n) is 8.77. The highest BCUT2D eigenvalue weighted by Crippen LogP contribution is 2.44. The maximum Gasteiger partial charge on any atom is 0.260 e. The van der Waals surface area contributed by atoms with Crippen molar-refractivity contribution in [1.82, 2.24) is 19.9 Å². The Morgan fingerprint density at radius 2 is 1.77 bits per heavy atom. The third-order valence-electron chi connectivity index (χ3n) is 6.96. The number of carbonyl (C=O) groups is 1. The number of pyridine rings is 1. The summed E-state index contributed by atoms with van der Waals surface area (Å²) in [6.07, 6.45) is 3.08. The molecular weight excluding hydrogens is 398 g/mol. The van der Waals surface area contributed by atoms with Gasteiger partial charge in [-0.15, -0.1) is 0 Å². The van der Waals surface area contributed by atoms with Gasteiger partial charge in [-0.25, -0.2) is 4.98 Å². The first-order valence-electron chi connectivity index (χ1n) is 10.9. The van der Waals surface area contributed by atoms with Crippen LogP contribution in [0.3, 0.4) is 0 Å². The van der Waals surface area contributed by atoms with Gasteiger partial charge in [0.15, 0.2) is 0 Å². The van der Waals surface area contributed by atoms with Gasteiger partial charge in [-0.3, -0.25) is 19.4 Å². The molecule has 2 aliphatic heterocycles. The normalized spacial score (nSPS) is 20.2. The lowest BCUT2D eigenvalue weighted by atomic mass is 9.76. The minimum Gasteiger partial charge on any atom is -0.378 e. The van der Waals surface area contributed by atoms with Crippen molar-refractivity contribution in [3.8, 4) is 0 Å². The molecule has 4 heterocycles. The Labute approximate surface area is 179 Å². The summed E-state index contributed by atoms with van der Waals surface area (Å²) in [5.74, 6) is 0.389. The van der Waals surface area contributed by atoms with Gasteiger partial charge >= 0.3 is 0 Å². The number of aryl methyl sites for hydroxylation is 1. The smallest absolute Gasteiger partial charge is 0.260 e. The van der Waals surface area contributed by atoms with Crippen LogP contribution in [0.4, 0.5) is 5.95 Å². The van der Waals surface area contributed by atoms with Crippen molar-refractivity contribution < 1.29 is 9.53 Å². The average molecular weight is 425 g/mol. The van der Waals surface area contributed by atoms with E-state index in [1.807, 2.05) is 0 Å². The zero-order valence-corrected chi connectivity index (χ0v) is 17.7. The Kier molecular flexibility index (Phi) is 4.92. The molecule has 1 aliphatic carbocycles. The number of rotatable bonds is 2. The molecule has 0 unspecified atom stereocenters. The molecule has 0 aromatic carbocycles. The van der Waals surface area contributed by atoms with Crippen molar-refractivity contribution in [3.63, 3.8) is 0 Å². The lowest BCUT2D eigenvalue weighted by Gasteiger charge is -2.39. The van der Waals surface area contributed by atoms with Gasteiger partial charge in [-0.05, 0) is 44.7 Å². The number of hydrogen-bond acceptors (Lipinski definition) is 6. The lowest BCUT2D eigenvalue weighted by Crippen LogP contribution is -2.46. The van der Waals surface area contributed by atoms with Gasteiger partial charge < -0.3 is 19.5 Å². The quantitative estimate of drug-likeness (QED) is 0.734. The predicted octanol–water partition coefficient (Wildman–Crippen LogP) is 0.723. The molecule has 9 nitrogen and oxygen atoms in total. The van der Waals surface area contributed by atoms with Gasteiger partial charge in [0, 0.05) is 42.9 Å². The number of ether oxygens (including phenoxy) is 1. The summed E-state index contributed by atoms with van der Waals surface area (Å²) in [6.45, 7) is 5.56. The number of hydrogen-bond donors (Lipinski definition) is 2. The van der Waals surface area contributed by atoms with Crippen molar-refractivity contribution in [3.05, 3.63) is 55.4 Å². The fourth-order valence-corrected chi connectivity index (χ4v) is 5.10. The molecule has 1 amide bonds. The first-order valence-corrected chi connectivity index (χ1v) is 10.9. The zero-order chi connectivity index (χ0) is 21.6. The Bertz CT molecular complexity index is 1120. The number of fused-ring (bicyclic) bond motifs is 2. The molecule has 31 heavy (non-hydrogen) atoms. The van der Waals surface area contributed by atoms with Crippen LogP contribution in [-0.2, 0) is 16.6 Å². The number of piperidine rings is 1. The van der Waals surface area contributed by atoms with Crippen LogP contribution in [-0.4, -0.2) is 65.2 Å². The van der Waals surface area contributed by atoms with E-state index in [1.165, 1.54) is 0 Å². The second-order valence-corrected chi connectivity index (χ2v) is 8.77. The Morgan fingerprint density at radius 3 is 2.48 bits per heavy atom. The molecule has 0 radical (unpaired) electrons. The molecule has 164 valence electrons. The van der Waals surface area contributed by atoms with Crippen molar-refractivity contribution in [1.29, 1.82) is 0 Å². The van der Waals surface area contributed by atoms with Gasteiger partial charge in [0.2, 0.25) is 5.95 Å². The van der Waals surface area contributed by atoms with E-state index in [1.54, 1.807) is 24.0 Å². The van der Waals surface area contributed by atoms with E-state index in [-0.39, 0.29) is 28.0 Å². The van der Waals surface area contributed by atoms with Crippen LogP contribution in [0.2, 0.25) is 0 Å². The molecule has 2 aromatic heterocycles. The van der Waals surface area contributed by atoms with Crippen LogP contribution in [0.5, 0.6) is 0 Å². The molecule has 2 aromatic rings. The van der Waals surface area contributed by atoms with Crippen LogP contribution >= 0.6 is 0 Å². The summed E-state index contributed by atoms with van der Waals surface area (Å²) in [4.78, 5) is 52.3. The van der Waals surface area contributed by atoms with E-state index >= 15 is 0 Å². The summed E-state index contributed by atoms with van der Waals surface area (Å²) in [5, 5.41) is 0. The maximum absolute atomic E-state index is 12.9. The van der Waals surface area contributed by atoms with Gasteiger partial charge in [-0.1, -0.05) is 0 Å². The van der Waals surface area contributed by atoms with E-state index < -0.39 is 0 Å². The maximum atomic E-state index is 12.9. The van der Waals surface area contributed by atoms with Crippen molar-refractivity contribution in [2.75, 3.05) is 44.3 Å². The van der Waals surface area contributed by atoms with E-state index in [4.69, 9.17) is 9.72 Å². The van der Waals surface area contributed by atoms with E-state index in [0.717, 1.165) is 36.2 Å². The molecule has 0 bridgehead atoms. The van der Waals surface area contributed by atoms with Gasteiger partial charge in [0.25, 0.3) is 17.0 Å². The largest absolute Gasteiger partial charge is 0.378 e. The van der Waals surface area contributed by atoms with Gasteiger partial charge in [0.1, 0.15) is 5.56 Å². The molecule has 3 aliphatic rings. The van der Waals surface area contributed by atoms with Crippen molar-refractivity contribution in [2.24, 2.45) is 0 Å². The van der Waals surface area contributed by atoms with Crippen LogP contribution in [0.25, 0.3) is 0 Å².